The van der Waals surface area contributed by atoms with Crippen LogP contribution in [0.25, 0.3) is 11.0 Å². The van der Waals surface area contributed by atoms with Crippen molar-refractivity contribution in [3.63, 3.8) is 0 Å². The van der Waals surface area contributed by atoms with Crippen LogP contribution in [0, 0.1) is 11.3 Å². The second-order valence-corrected chi connectivity index (χ2v) is 21.6. The Bertz CT molecular complexity index is 2440. The van der Waals surface area contributed by atoms with Crippen LogP contribution in [0.5, 0.6) is 0 Å². The number of hydrogen-bond donors (Lipinski definition) is 1. The van der Waals surface area contributed by atoms with Crippen molar-refractivity contribution in [1.29, 1.82) is 0 Å². The molecule has 4 heterocycles. The Morgan fingerprint density at radius 1 is 0.833 bits per heavy atom. The molecule has 1 unspecified atom stereocenters. The highest BCUT2D eigenvalue weighted by Crippen LogP contribution is 2.53. The summed E-state index contributed by atoms with van der Waals surface area (Å²) in [5.74, 6) is -0.979. The second kappa shape index (κ2) is 17.4. The molecule has 3 aliphatic heterocycles. The maximum absolute atomic E-state index is 15.3. The fourth-order valence-electron chi connectivity index (χ4n) is 9.76. The van der Waals surface area contributed by atoms with E-state index in [9.17, 15) is 22.8 Å². The molecule has 0 spiro atoms. The van der Waals surface area contributed by atoms with Gasteiger partial charge in [0.15, 0.2) is 9.84 Å². The lowest BCUT2D eigenvalue weighted by atomic mass is 9.66. The fraction of sp³-hybridized carbons (Fsp3) is 0.522. The number of rotatable bonds is 12. The van der Waals surface area contributed by atoms with Gasteiger partial charge in [-0.2, -0.15) is 0 Å². The van der Waals surface area contributed by atoms with E-state index in [1.54, 1.807) is 25.5 Å². The maximum Gasteiger partial charge on any atom is 0.329 e. The number of piperidine rings is 3. The summed E-state index contributed by atoms with van der Waals surface area (Å²) in [4.78, 5) is 57.6. The Morgan fingerprint density at radius 3 is 2.15 bits per heavy atom. The zero-order valence-corrected chi connectivity index (χ0v) is 37.7. The molecule has 3 aliphatic rings. The van der Waals surface area contributed by atoms with E-state index in [-0.39, 0.29) is 53.9 Å². The Balaban J connectivity index is 1.14. The van der Waals surface area contributed by atoms with E-state index < -0.39 is 44.5 Å². The number of amides is 3. The molecule has 3 fully saturated rings. The SMILES string of the molecule is CC(C)[C@@H](CS(=O)(=O)C(C)C)N1C(=O)[C@@](C)(CCN2CCC(c3ccc4c(c3)n(C)c(=O)n4C3CCC(=O)NC3=O)CC2)C[C@H](c2cccc(Cl)c2)[C@H]1c1ccc(Cl)cc1. The molecule has 0 bridgehead atoms. The molecule has 7 rings (SSSR count). The third kappa shape index (κ3) is 8.72. The summed E-state index contributed by atoms with van der Waals surface area (Å²) >= 11 is 13.0. The number of fused-ring (bicyclic) bond motifs is 1. The van der Waals surface area contributed by atoms with Crippen LogP contribution in [0.2, 0.25) is 10.0 Å². The Labute approximate surface area is 363 Å². The van der Waals surface area contributed by atoms with E-state index in [0.717, 1.165) is 48.1 Å². The van der Waals surface area contributed by atoms with Crippen LogP contribution in [0.3, 0.4) is 0 Å². The number of carbonyl (C=O) groups excluding carboxylic acids is 3. The number of carbonyl (C=O) groups is 3. The third-order valence-electron chi connectivity index (χ3n) is 13.5. The Morgan fingerprint density at radius 2 is 1.52 bits per heavy atom. The molecule has 0 saturated carbocycles. The number of hydrogen-bond acceptors (Lipinski definition) is 7. The van der Waals surface area contributed by atoms with Gasteiger partial charge < -0.3 is 9.80 Å². The molecule has 1 aromatic heterocycles. The number of sulfone groups is 1. The fourth-order valence-corrected chi connectivity index (χ4v) is 11.5. The zero-order valence-electron chi connectivity index (χ0n) is 35.4. The molecular weight excluding hydrogens is 822 g/mol. The summed E-state index contributed by atoms with van der Waals surface area (Å²) in [5.41, 5.74) is 3.39. The maximum atomic E-state index is 15.3. The number of benzene rings is 3. The van der Waals surface area contributed by atoms with Gasteiger partial charge in [-0.05, 0) is 131 Å². The molecular formula is C46H57Cl2N5O6S. The standard InChI is InChI=1S/C46H57Cl2N5O6S/c1-28(2)40(27-60(58,59)29(3)4)53-42(31-10-13-34(47)14-11-31)36(33-8-7-9-35(48)24-33)26-46(5,44(53)56)20-23-51-21-18-30(19-22-51)32-12-15-37-39(25-32)50(6)45(57)52(37)38-16-17-41(54)49-43(38)55/h7-15,24-25,28-30,36,38,40,42H,16-23,26-27H2,1-6H3,(H,49,54,55)/t36-,38?,40-,42-,46+/m1/s1. The zero-order chi connectivity index (χ0) is 43.3. The van der Waals surface area contributed by atoms with Crippen molar-refractivity contribution >= 4 is 61.8 Å². The van der Waals surface area contributed by atoms with Crippen LogP contribution in [0.4, 0.5) is 0 Å². The first-order valence-electron chi connectivity index (χ1n) is 21.2. The molecule has 3 amide bonds. The number of imide groups is 1. The van der Waals surface area contributed by atoms with E-state index in [1.807, 2.05) is 67.3 Å². The first kappa shape index (κ1) is 44.1. The lowest BCUT2D eigenvalue weighted by Crippen LogP contribution is -2.59. The Kier molecular flexibility index (Phi) is 12.8. The van der Waals surface area contributed by atoms with Gasteiger partial charge in [0.05, 0.1) is 28.1 Å². The van der Waals surface area contributed by atoms with Gasteiger partial charge in [0.1, 0.15) is 6.04 Å². The monoisotopic (exact) mass is 877 g/mol. The number of aryl methyl sites for hydroxylation is 1. The van der Waals surface area contributed by atoms with Gasteiger partial charge in [0, 0.05) is 40.9 Å². The van der Waals surface area contributed by atoms with Crippen LogP contribution < -0.4 is 11.0 Å². The van der Waals surface area contributed by atoms with E-state index in [4.69, 9.17) is 23.2 Å². The van der Waals surface area contributed by atoms with Crippen LogP contribution in [-0.2, 0) is 31.3 Å². The van der Waals surface area contributed by atoms with E-state index >= 15 is 4.79 Å². The van der Waals surface area contributed by atoms with Gasteiger partial charge in [0.25, 0.3) is 0 Å². The molecule has 4 aromatic rings. The van der Waals surface area contributed by atoms with E-state index in [2.05, 4.69) is 35.3 Å². The predicted octanol–water partition coefficient (Wildman–Crippen LogP) is 7.81. The first-order chi connectivity index (χ1) is 28.4. The third-order valence-corrected chi connectivity index (χ3v) is 16.2. The molecule has 0 aliphatic carbocycles. The minimum Gasteiger partial charge on any atom is -0.330 e. The molecule has 1 N–H and O–H groups in total. The topological polar surface area (TPSA) is 131 Å². The Hall–Kier alpha value is -3.97. The molecule has 3 aromatic carbocycles. The average Bonchev–Trinajstić information content (AvgIpc) is 3.45. The summed E-state index contributed by atoms with van der Waals surface area (Å²) in [7, 11) is -1.81. The van der Waals surface area contributed by atoms with Crippen molar-refractivity contribution < 1.29 is 22.8 Å². The van der Waals surface area contributed by atoms with Gasteiger partial charge >= 0.3 is 5.69 Å². The molecule has 14 heteroatoms. The minimum absolute atomic E-state index is 0.0311. The normalized spacial score (nSPS) is 24.1. The number of aromatic nitrogens is 2. The van der Waals surface area contributed by atoms with Crippen molar-refractivity contribution in [1.82, 2.24) is 24.3 Å². The summed E-state index contributed by atoms with van der Waals surface area (Å²) in [6.45, 7) is 11.8. The van der Waals surface area contributed by atoms with Crippen LogP contribution >= 0.6 is 23.2 Å². The predicted molar refractivity (Wildman–Crippen MR) is 237 cm³/mol. The smallest absolute Gasteiger partial charge is 0.329 e. The lowest BCUT2D eigenvalue weighted by Gasteiger charge is -2.53. The molecule has 60 heavy (non-hydrogen) atoms. The van der Waals surface area contributed by atoms with Crippen LogP contribution in [0.1, 0.15) is 114 Å². The van der Waals surface area contributed by atoms with Crippen molar-refractivity contribution in [3.05, 3.63) is 104 Å². The van der Waals surface area contributed by atoms with Gasteiger partial charge in [0.2, 0.25) is 17.7 Å². The van der Waals surface area contributed by atoms with Gasteiger partial charge in [-0.25, -0.2) is 13.2 Å². The quantitative estimate of drug-likeness (QED) is 0.144. The number of likely N-dealkylation sites (tertiary alicyclic amines) is 2. The molecule has 322 valence electrons. The number of nitrogens with one attached hydrogen (secondary N) is 1. The second-order valence-electron chi connectivity index (χ2n) is 18.1. The van der Waals surface area contributed by atoms with Crippen molar-refractivity contribution in [2.24, 2.45) is 18.4 Å². The van der Waals surface area contributed by atoms with Crippen LogP contribution in [-0.4, -0.2) is 81.8 Å². The van der Waals surface area contributed by atoms with Crippen molar-refractivity contribution in [3.8, 4) is 0 Å². The van der Waals surface area contributed by atoms with Gasteiger partial charge in [-0.1, -0.05) is 74.3 Å². The van der Waals surface area contributed by atoms with E-state index in [0.29, 0.717) is 34.9 Å². The summed E-state index contributed by atoms with van der Waals surface area (Å²) in [6, 6.07) is 19.7. The van der Waals surface area contributed by atoms with Gasteiger partial charge in [-0.3, -0.25) is 28.8 Å². The number of nitrogens with zero attached hydrogens (tertiary/aromatic N) is 4. The lowest BCUT2D eigenvalue weighted by molar-refractivity contribution is -0.156. The highest BCUT2D eigenvalue weighted by atomic mass is 35.5. The molecule has 5 atom stereocenters. The highest BCUT2D eigenvalue weighted by molar-refractivity contribution is 7.92. The average molecular weight is 879 g/mol. The number of halogens is 2. The van der Waals surface area contributed by atoms with Gasteiger partial charge in [-0.15, -0.1) is 0 Å². The molecule has 11 nitrogen and oxygen atoms in total. The minimum atomic E-state index is -3.53. The van der Waals surface area contributed by atoms with Crippen molar-refractivity contribution in [2.45, 2.75) is 108 Å². The molecule has 0 radical (unpaired) electrons. The summed E-state index contributed by atoms with van der Waals surface area (Å²) in [6.07, 6.45) is 3.43. The first-order valence-corrected chi connectivity index (χ1v) is 23.7. The number of imidazole rings is 1. The largest absolute Gasteiger partial charge is 0.330 e. The van der Waals surface area contributed by atoms with E-state index in [1.165, 1.54) is 4.57 Å². The summed E-state index contributed by atoms with van der Waals surface area (Å²) in [5, 5.41) is 2.97. The van der Waals surface area contributed by atoms with Crippen LogP contribution in [0.15, 0.2) is 71.5 Å². The summed E-state index contributed by atoms with van der Waals surface area (Å²) < 4.78 is 30.4. The molecule has 3 saturated heterocycles. The van der Waals surface area contributed by atoms with Crippen molar-refractivity contribution in [2.75, 3.05) is 25.4 Å². The highest BCUT2D eigenvalue weighted by Gasteiger charge is 2.52.